The Morgan fingerprint density at radius 3 is 1.02 bits per heavy atom. The van der Waals surface area contributed by atoms with Gasteiger partial charge in [-0.2, -0.15) is 0 Å². The molecule has 11 rings (SSSR count). The molecule has 4 heteroatoms. The topological polar surface area (TPSA) is 60.7 Å². The number of hydrogen-bond acceptors (Lipinski definition) is 3. The van der Waals surface area contributed by atoms with Crippen LogP contribution in [0.5, 0.6) is 0 Å². The molecule has 0 bridgehead atoms. The minimum atomic E-state index is -6.08. The summed E-state index contributed by atoms with van der Waals surface area (Å²) >= 11 is 0. The van der Waals surface area contributed by atoms with Gasteiger partial charge in [0.15, 0.2) is 0 Å². The molecule has 11 aromatic carbocycles. The van der Waals surface area contributed by atoms with Gasteiger partial charge in [0.1, 0.15) is 0 Å². The first-order valence-electron chi connectivity index (χ1n) is 22.2. The van der Waals surface area contributed by atoms with Crippen LogP contribution in [-0.2, 0) is 0 Å². The summed E-state index contributed by atoms with van der Waals surface area (Å²) in [6, 6.07) is 85.4. The summed E-state index contributed by atoms with van der Waals surface area (Å²) in [6.45, 7) is 0. The van der Waals surface area contributed by atoms with Crippen molar-refractivity contribution in [3.63, 3.8) is 0 Å². The van der Waals surface area contributed by atoms with Crippen LogP contribution in [0.1, 0.15) is 0 Å². The predicted octanol–water partition coefficient (Wildman–Crippen LogP) is 14.9. The predicted molar refractivity (Wildman–Crippen MR) is 279 cm³/mol. The van der Waals surface area contributed by atoms with Crippen LogP contribution in [0.25, 0.3) is 99.4 Å². The van der Waals surface area contributed by atoms with Crippen molar-refractivity contribution in [2.24, 2.45) is 0 Å². The SMILES string of the molecule is OP(O)(O)(c1cc2c(-c3ccccc3)cc(-c3ccccc3)cc2cc1-c1ccccc1)c1ccccc1-c1cc2c(-c3ccccc3)cc(-c3ccccc3)cc2cc1-c1ccccc1. The quantitative estimate of drug-likeness (QED) is 0.127. The molecule has 0 fully saturated rings. The maximum atomic E-state index is 13.4. The van der Waals surface area contributed by atoms with Crippen LogP contribution in [0.3, 0.4) is 0 Å². The molecule has 0 saturated heterocycles. The summed E-state index contributed by atoms with van der Waals surface area (Å²) in [5, 5.41) is 3.85. The Kier molecular flexibility index (Phi) is 10.4. The molecule has 0 heterocycles. The molecule has 0 aliphatic rings. The van der Waals surface area contributed by atoms with Crippen LogP contribution in [0, 0.1) is 0 Å². The summed E-state index contributed by atoms with van der Waals surface area (Å²) in [5.74, 6) is 0. The second-order valence-corrected chi connectivity index (χ2v) is 19.9. The zero-order valence-electron chi connectivity index (χ0n) is 36.0. The first-order valence-corrected chi connectivity index (χ1v) is 24.3. The first-order chi connectivity index (χ1) is 32.3. The molecule has 3 nitrogen and oxygen atoms in total. The van der Waals surface area contributed by atoms with Gasteiger partial charge in [0.05, 0.1) is 0 Å². The van der Waals surface area contributed by atoms with E-state index in [-0.39, 0.29) is 10.6 Å². The molecular weight excluding hydrogens is 824 g/mol. The Balaban J connectivity index is 1.20. The average molecular weight is 869 g/mol. The zero-order valence-corrected chi connectivity index (χ0v) is 36.9. The average Bonchev–Trinajstić information content (AvgIpc) is 3.38. The van der Waals surface area contributed by atoms with Crippen molar-refractivity contribution >= 4 is 39.4 Å². The molecule has 0 atom stereocenters. The number of rotatable bonds is 9. The number of fused-ring (bicyclic) bond motifs is 2. The fourth-order valence-corrected chi connectivity index (χ4v) is 11.8. The van der Waals surface area contributed by atoms with Gasteiger partial charge in [-0.15, -0.1) is 0 Å². The van der Waals surface area contributed by atoms with Gasteiger partial charge >= 0.3 is 387 Å². The maximum absolute atomic E-state index is 13.4. The first kappa shape index (κ1) is 41.0. The van der Waals surface area contributed by atoms with Gasteiger partial charge in [-0.1, -0.05) is 0 Å². The molecule has 0 aliphatic heterocycles. The van der Waals surface area contributed by atoms with Crippen molar-refractivity contribution in [3.8, 4) is 77.9 Å². The van der Waals surface area contributed by atoms with Gasteiger partial charge in [0, 0.05) is 0 Å². The van der Waals surface area contributed by atoms with Gasteiger partial charge in [0.2, 0.25) is 0 Å². The van der Waals surface area contributed by atoms with Gasteiger partial charge in [-0.05, 0) is 0 Å². The minimum absolute atomic E-state index is 0.0564. The summed E-state index contributed by atoms with van der Waals surface area (Å²) in [7, 11) is -6.08. The molecule has 0 spiro atoms. The molecule has 0 saturated carbocycles. The Morgan fingerprint density at radius 2 is 0.561 bits per heavy atom. The number of benzene rings is 11. The van der Waals surface area contributed by atoms with E-state index in [1.165, 1.54) is 0 Å². The molecule has 316 valence electrons. The number of hydrogen-bond donors (Lipinski definition) is 3. The van der Waals surface area contributed by atoms with Crippen molar-refractivity contribution in [1.29, 1.82) is 0 Å². The molecule has 66 heavy (non-hydrogen) atoms. The monoisotopic (exact) mass is 868 g/mol. The Hall–Kier alpha value is -7.75. The van der Waals surface area contributed by atoms with Crippen LogP contribution in [0.2, 0.25) is 0 Å². The molecular formula is C62H45O3P. The third-order valence-electron chi connectivity index (χ3n) is 12.8. The van der Waals surface area contributed by atoms with E-state index in [0.717, 1.165) is 88.3 Å². The zero-order chi connectivity index (χ0) is 44.7. The molecule has 3 N–H and O–H groups in total. The third kappa shape index (κ3) is 7.51. The normalized spacial score (nSPS) is 12.2. The van der Waals surface area contributed by atoms with Crippen LogP contribution < -0.4 is 10.6 Å². The molecule has 0 aromatic heterocycles. The summed E-state index contributed by atoms with van der Waals surface area (Å²) in [6.07, 6.45) is 0. The van der Waals surface area contributed by atoms with Crippen molar-refractivity contribution in [2.75, 3.05) is 0 Å². The van der Waals surface area contributed by atoms with E-state index in [2.05, 4.69) is 121 Å². The van der Waals surface area contributed by atoms with Gasteiger partial charge in [0.25, 0.3) is 0 Å². The van der Waals surface area contributed by atoms with E-state index in [1.807, 2.05) is 121 Å². The van der Waals surface area contributed by atoms with Gasteiger partial charge < -0.3 is 0 Å². The summed E-state index contributed by atoms with van der Waals surface area (Å²) in [4.78, 5) is 40.1. The van der Waals surface area contributed by atoms with Crippen molar-refractivity contribution < 1.29 is 14.7 Å². The second-order valence-electron chi connectivity index (χ2n) is 17.0. The van der Waals surface area contributed by atoms with Crippen molar-refractivity contribution in [2.45, 2.75) is 0 Å². The van der Waals surface area contributed by atoms with Gasteiger partial charge in [-0.25, -0.2) is 0 Å². The van der Waals surface area contributed by atoms with E-state index < -0.39 is 7.28 Å². The fraction of sp³-hybridized carbons (Fsp3) is 0. The van der Waals surface area contributed by atoms with Crippen LogP contribution in [-0.4, -0.2) is 14.7 Å². The van der Waals surface area contributed by atoms with E-state index in [1.54, 1.807) is 12.1 Å². The second kappa shape index (κ2) is 16.7. The molecule has 0 amide bonds. The van der Waals surface area contributed by atoms with E-state index in [9.17, 15) is 14.7 Å². The fourth-order valence-electron chi connectivity index (χ4n) is 9.58. The Morgan fingerprint density at radius 1 is 0.212 bits per heavy atom. The summed E-state index contributed by atoms with van der Waals surface area (Å²) in [5.41, 5.74) is 12.7. The van der Waals surface area contributed by atoms with Crippen LogP contribution >= 0.6 is 7.28 Å². The Bertz CT molecular complexity index is 3530. The van der Waals surface area contributed by atoms with Crippen LogP contribution in [0.4, 0.5) is 0 Å². The molecule has 0 unspecified atom stereocenters. The molecule has 0 radical (unpaired) electrons. The summed E-state index contributed by atoms with van der Waals surface area (Å²) < 4.78 is 0. The van der Waals surface area contributed by atoms with E-state index in [0.29, 0.717) is 11.1 Å². The van der Waals surface area contributed by atoms with Crippen molar-refractivity contribution in [1.82, 2.24) is 0 Å². The molecule has 11 aromatic rings. The van der Waals surface area contributed by atoms with E-state index in [4.69, 9.17) is 0 Å². The molecule has 0 aliphatic carbocycles. The van der Waals surface area contributed by atoms with E-state index >= 15 is 0 Å². The van der Waals surface area contributed by atoms with Crippen LogP contribution in [0.15, 0.2) is 255 Å². The van der Waals surface area contributed by atoms with Gasteiger partial charge in [-0.3, -0.25) is 0 Å². The third-order valence-corrected chi connectivity index (χ3v) is 15.3. The standard InChI is InChI=1S/C62H45O3P/c63-66(64,65,62-42-58-52(40-59(62)48-31-17-6-18-32-48)36-50(44-23-9-2-10-24-44)38-55(58)46-27-13-4-14-28-46)61-34-20-19-33-53(61)60-41-57-51(39-56(60)47-29-15-5-16-30-47)35-49(43-21-7-1-8-22-43)37-54(57)45-25-11-3-12-26-45/h1-42,63-65H. The van der Waals surface area contributed by atoms with Crippen molar-refractivity contribution in [3.05, 3.63) is 255 Å². The Labute approximate surface area is 385 Å².